The molecule has 1 aliphatic heterocycles. The standard InChI is InChI=1S/C19H26Br2N2/c1-6-16-17(21)11-19(16,5)23-8-7-22(14(23)4)18-12(2)9-15(20)10-13(18)3/h9-11,14,16H,6-8H2,1-5H3. The van der Waals surface area contributed by atoms with Crippen LogP contribution in [-0.2, 0) is 0 Å². The van der Waals surface area contributed by atoms with Crippen LogP contribution in [0.25, 0.3) is 0 Å². The van der Waals surface area contributed by atoms with Crippen LogP contribution in [0.5, 0.6) is 0 Å². The number of aryl methyl sites for hydroxylation is 2. The zero-order valence-electron chi connectivity index (χ0n) is 14.7. The number of halogens is 2. The van der Waals surface area contributed by atoms with E-state index in [4.69, 9.17) is 0 Å². The van der Waals surface area contributed by atoms with Gasteiger partial charge >= 0.3 is 0 Å². The highest BCUT2D eigenvalue weighted by molar-refractivity contribution is 9.11. The van der Waals surface area contributed by atoms with Crippen molar-refractivity contribution in [3.63, 3.8) is 0 Å². The molecule has 0 N–H and O–H groups in total. The lowest BCUT2D eigenvalue weighted by Gasteiger charge is -2.51. The monoisotopic (exact) mass is 440 g/mol. The summed E-state index contributed by atoms with van der Waals surface area (Å²) in [5, 5.41) is 0. The molecule has 1 fully saturated rings. The van der Waals surface area contributed by atoms with Crippen LogP contribution in [-0.4, -0.2) is 29.7 Å². The number of anilines is 1. The Morgan fingerprint density at radius 3 is 2.30 bits per heavy atom. The molecule has 1 saturated heterocycles. The van der Waals surface area contributed by atoms with Crippen molar-refractivity contribution < 1.29 is 0 Å². The van der Waals surface area contributed by atoms with E-state index in [0.29, 0.717) is 12.1 Å². The molecule has 4 heteroatoms. The average Bonchev–Trinajstić information content (AvgIpc) is 2.80. The second kappa shape index (κ2) is 6.20. The van der Waals surface area contributed by atoms with Crippen LogP contribution in [0.1, 0.15) is 38.3 Å². The third-order valence-electron chi connectivity index (χ3n) is 5.72. The molecule has 2 aliphatic rings. The van der Waals surface area contributed by atoms with E-state index < -0.39 is 0 Å². The minimum absolute atomic E-state index is 0.179. The molecule has 1 aromatic carbocycles. The lowest BCUT2D eigenvalue weighted by molar-refractivity contribution is 0.0783. The zero-order valence-corrected chi connectivity index (χ0v) is 17.8. The van der Waals surface area contributed by atoms with E-state index >= 15 is 0 Å². The first-order valence-corrected chi connectivity index (χ1v) is 10.1. The lowest BCUT2D eigenvalue weighted by Crippen LogP contribution is -2.58. The minimum atomic E-state index is 0.179. The molecule has 1 aliphatic carbocycles. The van der Waals surface area contributed by atoms with Gasteiger partial charge in [0.25, 0.3) is 0 Å². The molecule has 1 heterocycles. The number of benzene rings is 1. The van der Waals surface area contributed by atoms with E-state index in [9.17, 15) is 0 Å². The Morgan fingerprint density at radius 1 is 1.17 bits per heavy atom. The van der Waals surface area contributed by atoms with Crippen molar-refractivity contribution in [3.8, 4) is 0 Å². The van der Waals surface area contributed by atoms with Crippen LogP contribution in [0.15, 0.2) is 27.2 Å². The molecule has 3 rings (SSSR count). The Kier molecular flexibility index (Phi) is 4.72. The second-order valence-corrected chi connectivity index (χ2v) is 8.95. The molecule has 0 aromatic heterocycles. The summed E-state index contributed by atoms with van der Waals surface area (Å²) in [5.41, 5.74) is 4.29. The van der Waals surface area contributed by atoms with Gasteiger partial charge in [-0.1, -0.05) is 44.9 Å². The molecule has 0 saturated carbocycles. The third-order valence-corrected chi connectivity index (χ3v) is 6.96. The molecular weight excluding hydrogens is 416 g/mol. The van der Waals surface area contributed by atoms with Crippen LogP contribution in [0.2, 0.25) is 0 Å². The van der Waals surface area contributed by atoms with Crippen LogP contribution in [0.4, 0.5) is 5.69 Å². The number of nitrogens with zero attached hydrogens (tertiary/aromatic N) is 2. The molecular formula is C19H26Br2N2. The zero-order chi connectivity index (χ0) is 16.9. The van der Waals surface area contributed by atoms with Gasteiger partial charge in [-0.2, -0.15) is 0 Å². The fourth-order valence-electron chi connectivity index (χ4n) is 4.61. The Morgan fingerprint density at radius 2 is 1.78 bits per heavy atom. The second-order valence-electron chi connectivity index (χ2n) is 7.12. The van der Waals surface area contributed by atoms with E-state index in [1.54, 1.807) is 0 Å². The van der Waals surface area contributed by atoms with Crippen molar-refractivity contribution in [3.05, 3.63) is 38.3 Å². The van der Waals surface area contributed by atoms with Crippen molar-refractivity contribution in [2.45, 2.75) is 52.7 Å². The molecule has 126 valence electrons. The van der Waals surface area contributed by atoms with Crippen LogP contribution >= 0.6 is 31.9 Å². The summed E-state index contributed by atoms with van der Waals surface area (Å²) in [6.07, 6.45) is 4.01. The van der Waals surface area contributed by atoms with Crippen LogP contribution < -0.4 is 4.90 Å². The first-order chi connectivity index (χ1) is 10.8. The predicted molar refractivity (Wildman–Crippen MR) is 106 cm³/mol. The molecule has 23 heavy (non-hydrogen) atoms. The quantitative estimate of drug-likeness (QED) is 0.601. The number of hydrogen-bond donors (Lipinski definition) is 0. The smallest absolute Gasteiger partial charge is 0.0800 e. The molecule has 1 aromatic rings. The van der Waals surface area contributed by atoms with Gasteiger partial charge in [0.15, 0.2) is 0 Å². The van der Waals surface area contributed by atoms with Crippen molar-refractivity contribution in [2.75, 3.05) is 18.0 Å². The number of rotatable bonds is 3. The van der Waals surface area contributed by atoms with E-state index in [-0.39, 0.29) is 5.54 Å². The highest BCUT2D eigenvalue weighted by atomic mass is 79.9. The largest absolute Gasteiger partial charge is 0.354 e. The van der Waals surface area contributed by atoms with Gasteiger partial charge in [0.1, 0.15) is 0 Å². The fraction of sp³-hybridized carbons (Fsp3) is 0.579. The Balaban J connectivity index is 1.90. The summed E-state index contributed by atoms with van der Waals surface area (Å²) in [6, 6.07) is 4.46. The van der Waals surface area contributed by atoms with Gasteiger partial charge in [-0.3, -0.25) is 4.90 Å². The van der Waals surface area contributed by atoms with E-state index in [2.05, 4.69) is 94.5 Å². The maximum Gasteiger partial charge on any atom is 0.0800 e. The normalized spacial score (nSPS) is 31.3. The molecule has 2 nitrogen and oxygen atoms in total. The van der Waals surface area contributed by atoms with Gasteiger partial charge in [-0.25, -0.2) is 0 Å². The van der Waals surface area contributed by atoms with Gasteiger partial charge < -0.3 is 4.90 Å². The minimum Gasteiger partial charge on any atom is -0.354 e. The van der Waals surface area contributed by atoms with Gasteiger partial charge in [0, 0.05) is 34.7 Å². The van der Waals surface area contributed by atoms with Crippen molar-refractivity contribution >= 4 is 37.5 Å². The van der Waals surface area contributed by atoms with Gasteiger partial charge in [-0.05, 0) is 61.9 Å². The first-order valence-electron chi connectivity index (χ1n) is 8.48. The molecule has 3 atom stereocenters. The lowest BCUT2D eigenvalue weighted by atomic mass is 9.73. The number of hydrogen-bond acceptors (Lipinski definition) is 2. The molecule has 0 bridgehead atoms. The maximum atomic E-state index is 3.74. The SMILES string of the molecule is CCC1C(Br)=CC1(C)N1CCN(c2c(C)cc(Br)cc2C)C1C. The Labute approximate surface area is 157 Å². The average molecular weight is 442 g/mol. The summed E-state index contributed by atoms with van der Waals surface area (Å²) >= 11 is 7.35. The Hall–Kier alpha value is -0.320. The topological polar surface area (TPSA) is 6.48 Å². The first kappa shape index (κ1) is 17.5. The fourth-order valence-corrected chi connectivity index (χ4v) is 6.55. The highest BCUT2D eigenvalue weighted by Gasteiger charge is 2.50. The van der Waals surface area contributed by atoms with E-state index in [0.717, 1.165) is 13.1 Å². The van der Waals surface area contributed by atoms with Crippen molar-refractivity contribution in [1.29, 1.82) is 0 Å². The summed E-state index contributed by atoms with van der Waals surface area (Å²) < 4.78 is 2.55. The van der Waals surface area contributed by atoms with Gasteiger partial charge in [0.2, 0.25) is 0 Å². The van der Waals surface area contributed by atoms with Crippen molar-refractivity contribution in [2.24, 2.45) is 5.92 Å². The van der Waals surface area contributed by atoms with Gasteiger partial charge in [-0.15, -0.1) is 0 Å². The summed E-state index contributed by atoms with van der Waals surface area (Å²) in [7, 11) is 0. The molecule has 0 radical (unpaired) electrons. The molecule has 3 unspecified atom stereocenters. The highest BCUT2D eigenvalue weighted by Crippen LogP contribution is 2.49. The molecule has 0 spiro atoms. The van der Waals surface area contributed by atoms with E-state index in [1.807, 2.05) is 0 Å². The van der Waals surface area contributed by atoms with Crippen LogP contribution in [0, 0.1) is 19.8 Å². The van der Waals surface area contributed by atoms with Crippen molar-refractivity contribution in [1.82, 2.24) is 4.90 Å². The van der Waals surface area contributed by atoms with E-state index in [1.165, 1.54) is 32.2 Å². The summed E-state index contributed by atoms with van der Waals surface area (Å²) in [5.74, 6) is 0.622. The Bertz CT molecular complexity index is 632. The third kappa shape index (κ3) is 2.71. The van der Waals surface area contributed by atoms with Crippen LogP contribution in [0.3, 0.4) is 0 Å². The van der Waals surface area contributed by atoms with Gasteiger partial charge in [0.05, 0.1) is 6.17 Å². The summed E-state index contributed by atoms with van der Waals surface area (Å²) in [6.45, 7) is 13.7. The molecule has 0 amide bonds. The summed E-state index contributed by atoms with van der Waals surface area (Å²) in [4.78, 5) is 5.25. The predicted octanol–water partition coefficient (Wildman–Crippen LogP) is 5.61. The maximum absolute atomic E-state index is 3.74.